The SMILES string of the molecule is C[C@@H]1CC[C@@]2(C)C3CC[C@H](O)[C@H](C)[C@@]3(C)CCC2[C@@]1(C)Cc1c[nH]c2cc(O)ccc12. The van der Waals surface area contributed by atoms with Gasteiger partial charge in [0.1, 0.15) is 5.75 Å². The van der Waals surface area contributed by atoms with Gasteiger partial charge in [0.2, 0.25) is 0 Å². The Labute approximate surface area is 187 Å². The number of rotatable bonds is 2. The number of aromatic nitrogens is 1. The van der Waals surface area contributed by atoms with Crippen LogP contribution in [-0.2, 0) is 6.42 Å². The second kappa shape index (κ2) is 7.01. The van der Waals surface area contributed by atoms with Gasteiger partial charge < -0.3 is 15.2 Å². The highest BCUT2D eigenvalue weighted by molar-refractivity contribution is 5.84. The molecule has 3 saturated carbocycles. The van der Waals surface area contributed by atoms with Gasteiger partial charge in [-0.3, -0.25) is 0 Å². The van der Waals surface area contributed by atoms with Crippen molar-refractivity contribution in [2.45, 2.75) is 85.7 Å². The Bertz CT molecular complexity index is 981. The first-order valence-corrected chi connectivity index (χ1v) is 12.6. The summed E-state index contributed by atoms with van der Waals surface area (Å²) >= 11 is 0. The fourth-order valence-electron chi connectivity index (χ4n) is 8.85. The normalized spacial score (nSPS) is 45.3. The molecule has 3 N–H and O–H groups in total. The van der Waals surface area contributed by atoms with Gasteiger partial charge in [-0.15, -0.1) is 0 Å². The van der Waals surface area contributed by atoms with Crippen molar-refractivity contribution in [3.8, 4) is 5.75 Å². The molecule has 0 spiro atoms. The molecule has 1 heterocycles. The zero-order valence-electron chi connectivity index (χ0n) is 20.0. The Balaban J connectivity index is 1.52. The smallest absolute Gasteiger partial charge is 0.117 e. The van der Waals surface area contributed by atoms with Crippen LogP contribution in [0.25, 0.3) is 10.9 Å². The number of hydrogen-bond acceptors (Lipinski definition) is 2. The van der Waals surface area contributed by atoms with Crippen LogP contribution in [0.2, 0.25) is 0 Å². The predicted octanol–water partition coefficient (Wildman–Crippen LogP) is 6.68. The van der Waals surface area contributed by atoms with Gasteiger partial charge in [-0.25, -0.2) is 0 Å². The molecule has 3 aliphatic rings. The van der Waals surface area contributed by atoms with Crippen LogP contribution in [0.3, 0.4) is 0 Å². The number of phenolic OH excluding ortho intramolecular Hbond substituents is 1. The van der Waals surface area contributed by atoms with E-state index in [1.807, 2.05) is 12.1 Å². The number of aliphatic hydroxyl groups is 1. The highest BCUT2D eigenvalue weighted by atomic mass is 16.3. The molecule has 0 radical (unpaired) electrons. The molecule has 0 bridgehead atoms. The van der Waals surface area contributed by atoms with Crippen molar-refractivity contribution < 1.29 is 10.2 Å². The first kappa shape index (κ1) is 21.4. The number of fused-ring (bicyclic) bond motifs is 4. The fraction of sp³-hybridized carbons (Fsp3) is 0.714. The van der Waals surface area contributed by atoms with Crippen LogP contribution < -0.4 is 0 Å². The zero-order chi connectivity index (χ0) is 22.2. The maximum atomic E-state index is 10.7. The van der Waals surface area contributed by atoms with Crippen LogP contribution in [0.1, 0.15) is 78.7 Å². The molecule has 1 aromatic heterocycles. The Morgan fingerprint density at radius 2 is 1.71 bits per heavy atom. The Hall–Kier alpha value is -1.48. The second-order valence-corrected chi connectivity index (χ2v) is 12.3. The van der Waals surface area contributed by atoms with Crippen LogP contribution in [0.4, 0.5) is 0 Å². The fourth-order valence-corrected chi connectivity index (χ4v) is 8.85. The van der Waals surface area contributed by atoms with Gasteiger partial charge in [0.15, 0.2) is 0 Å². The molecule has 3 heteroatoms. The summed E-state index contributed by atoms with van der Waals surface area (Å²) < 4.78 is 0. The van der Waals surface area contributed by atoms with Crippen molar-refractivity contribution in [3.63, 3.8) is 0 Å². The van der Waals surface area contributed by atoms with Gasteiger partial charge in [0.25, 0.3) is 0 Å². The molecule has 3 nitrogen and oxygen atoms in total. The van der Waals surface area contributed by atoms with E-state index < -0.39 is 0 Å². The molecule has 0 aliphatic heterocycles. The summed E-state index contributed by atoms with van der Waals surface area (Å²) in [5.41, 5.74) is 3.32. The first-order chi connectivity index (χ1) is 14.6. The van der Waals surface area contributed by atoms with Crippen LogP contribution in [0.5, 0.6) is 5.75 Å². The van der Waals surface area contributed by atoms with Gasteiger partial charge in [-0.2, -0.15) is 0 Å². The number of phenols is 1. The zero-order valence-corrected chi connectivity index (χ0v) is 20.0. The lowest BCUT2D eigenvalue weighted by Gasteiger charge is -2.67. The van der Waals surface area contributed by atoms with E-state index >= 15 is 0 Å². The summed E-state index contributed by atoms with van der Waals surface area (Å²) in [4.78, 5) is 3.41. The maximum absolute atomic E-state index is 10.7. The minimum absolute atomic E-state index is 0.127. The summed E-state index contributed by atoms with van der Waals surface area (Å²) in [5.74, 6) is 2.85. The summed E-state index contributed by atoms with van der Waals surface area (Å²) in [7, 11) is 0. The van der Waals surface area contributed by atoms with Crippen molar-refractivity contribution in [2.75, 3.05) is 0 Å². The third-order valence-electron chi connectivity index (χ3n) is 11.1. The second-order valence-electron chi connectivity index (χ2n) is 12.3. The molecule has 0 amide bonds. The summed E-state index contributed by atoms with van der Waals surface area (Å²) in [6.07, 6.45) is 10.5. The van der Waals surface area contributed by atoms with E-state index in [9.17, 15) is 10.2 Å². The lowest BCUT2D eigenvalue weighted by Crippen LogP contribution is -2.61. The maximum Gasteiger partial charge on any atom is 0.117 e. The minimum Gasteiger partial charge on any atom is -0.508 e. The molecule has 1 aromatic carbocycles. The van der Waals surface area contributed by atoms with E-state index in [0.29, 0.717) is 34.8 Å². The number of aliphatic hydroxyl groups excluding tert-OH is 1. The van der Waals surface area contributed by atoms with Gasteiger partial charge in [0.05, 0.1) is 6.10 Å². The Kier molecular flexibility index (Phi) is 4.83. The number of H-pyrrole nitrogens is 1. The van der Waals surface area contributed by atoms with Crippen molar-refractivity contribution in [1.29, 1.82) is 0 Å². The van der Waals surface area contributed by atoms with Gasteiger partial charge in [0, 0.05) is 23.2 Å². The summed E-state index contributed by atoms with van der Waals surface area (Å²) in [6, 6.07) is 5.74. The van der Waals surface area contributed by atoms with Crippen molar-refractivity contribution >= 4 is 10.9 Å². The van der Waals surface area contributed by atoms with E-state index in [1.54, 1.807) is 0 Å². The monoisotopic (exact) mass is 423 g/mol. The highest BCUT2D eigenvalue weighted by Gasteiger charge is 2.63. The standard InChI is InChI=1S/C28H41NO2/c1-17-10-12-27(4)24-9-8-23(31)18(2)26(24,3)13-11-25(27)28(17,5)15-19-16-29-22-14-20(30)6-7-21(19)22/h6-7,14,16-18,23-25,29-31H,8-13,15H2,1-5H3/t17-,18+,23+,24?,25?,26-,27+,28+/m1/s1. The molecule has 31 heavy (non-hydrogen) atoms. The molecule has 2 aromatic rings. The van der Waals surface area contributed by atoms with Crippen LogP contribution >= 0.6 is 0 Å². The van der Waals surface area contributed by atoms with Gasteiger partial charge in [-0.1, -0.05) is 34.6 Å². The first-order valence-electron chi connectivity index (χ1n) is 12.6. The van der Waals surface area contributed by atoms with Crippen molar-refractivity contribution in [1.82, 2.24) is 4.98 Å². The largest absolute Gasteiger partial charge is 0.508 e. The number of nitrogens with one attached hydrogen (secondary N) is 1. The van der Waals surface area contributed by atoms with Gasteiger partial charge >= 0.3 is 0 Å². The van der Waals surface area contributed by atoms with E-state index in [2.05, 4.69) is 51.9 Å². The molecule has 3 aliphatic carbocycles. The third-order valence-corrected chi connectivity index (χ3v) is 11.1. The van der Waals surface area contributed by atoms with Crippen molar-refractivity contribution in [2.24, 2.45) is 39.9 Å². The van der Waals surface area contributed by atoms with Crippen LogP contribution in [-0.4, -0.2) is 21.3 Å². The molecular formula is C28H41NO2. The van der Waals surface area contributed by atoms with E-state index in [0.717, 1.165) is 18.4 Å². The number of aromatic amines is 1. The molecular weight excluding hydrogens is 382 g/mol. The molecule has 5 rings (SSSR count). The Morgan fingerprint density at radius 1 is 0.968 bits per heavy atom. The number of hydrogen-bond donors (Lipinski definition) is 3. The lowest BCUT2D eigenvalue weighted by molar-refractivity contribution is -0.195. The predicted molar refractivity (Wildman–Crippen MR) is 127 cm³/mol. The molecule has 170 valence electrons. The average molecular weight is 424 g/mol. The molecule has 0 saturated heterocycles. The third kappa shape index (κ3) is 2.95. The van der Waals surface area contributed by atoms with E-state index in [1.165, 1.54) is 43.1 Å². The molecule has 2 unspecified atom stereocenters. The van der Waals surface area contributed by atoms with Crippen LogP contribution in [0.15, 0.2) is 24.4 Å². The minimum atomic E-state index is -0.127. The summed E-state index contributed by atoms with van der Waals surface area (Å²) in [6.45, 7) is 12.5. The quantitative estimate of drug-likeness (QED) is 0.504. The number of aromatic hydroxyl groups is 1. The van der Waals surface area contributed by atoms with E-state index in [-0.39, 0.29) is 16.9 Å². The van der Waals surface area contributed by atoms with Gasteiger partial charge in [-0.05, 0) is 103 Å². The molecule has 8 atom stereocenters. The highest BCUT2D eigenvalue weighted by Crippen LogP contribution is 2.69. The van der Waals surface area contributed by atoms with Crippen LogP contribution in [0, 0.1) is 39.9 Å². The Morgan fingerprint density at radius 3 is 2.48 bits per heavy atom. The lowest BCUT2D eigenvalue weighted by atomic mass is 9.37. The summed E-state index contributed by atoms with van der Waals surface area (Å²) in [5, 5.41) is 21.8. The topological polar surface area (TPSA) is 56.2 Å². The number of benzene rings is 1. The van der Waals surface area contributed by atoms with E-state index in [4.69, 9.17) is 0 Å². The average Bonchev–Trinajstić information content (AvgIpc) is 3.10. The van der Waals surface area contributed by atoms with Crippen molar-refractivity contribution in [3.05, 3.63) is 30.0 Å². The molecule has 3 fully saturated rings.